The Morgan fingerprint density at radius 1 is 0.833 bits per heavy atom. The summed E-state index contributed by atoms with van der Waals surface area (Å²) in [4.78, 5) is 18.2. The number of nitrogens with zero attached hydrogens (tertiary/aromatic N) is 1. The number of benzene rings is 3. The molecule has 0 aliphatic carbocycles. The van der Waals surface area contributed by atoms with Crippen molar-refractivity contribution in [1.29, 1.82) is 0 Å². The van der Waals surface area contributed by atoms with Crippen LogP contribution in [0.4, 0.5) is 0 Å². The highest BCUT2D eigenvalue weighted by molar-refractivity contribution is 7.21. The van der Waals surface area contributed by atoms with Crippen LogP contribution in [0.2, 0.25) is 0 Å². The van der Waals surface area contributed by atoms with Gasteiger partial charge in [0.15, 0.2) is 5.06 Å². The maximum Gasteiger partial charge on any atom is 0.203 e. The average Bonchev–Trinajstić information content (AvgIpc) is 3.37. The molecule has 6 heteroatoms. The molecule has 0 atom stereocenters. The number of carbonyl (C=O) groups excluding carboxylic acids is 1. The van der Waals surface area contributed by atoms with Crippen LogP contribution in [0.1, 0.15) is 15.2 Å². The summed E-state index contributed by atoms with van der Waals surface area (Å²) in [6, 6.07) is 22.2. The van der Waals surface area contributed by atoms with Gasteiger partial charge in [-0.05, 0) is 23.8 Å². The minimum atomic E-state index is -0.0415. The van der Waals surface area contributed by atoms with Gasteiger partial charge in [0.2, 0.25) is 5.78 Å². The summed E-state index contributed by atoms with van der Waals surface area (Å²) < 4.78 is 0.859. The number of thiazole rings is 1. The second-order valence-corrected chi connectivity index (χ2v) is 8.82. The van der Waals surface area contributed by atoms with E-state index in [-0.39, 0.29) is 16.6 Å². The van der Waals surface area contributed by atoms with E-state index in [0.717, 1.165) is 31.8 Å². The van der Waals surface area contributed by atoms with E-state index < -0.39 is 0 Å². The summed E-state index contributed by atoms with van der Waals surface area (Å²) in [5.74, 6) is 0.133. The fourth-order valence-electron chi connectivity index (χ4n) is 3.43. The van der Waals surface area contributed by atoms with Gasteiger partial charge in [-0.25, -0.2) is 4.98 Å². The van der Waals surface area contributed by atoms with Crippen molar-refractivity contribution in [2.24, 2.45) is 0 Å². The molecule has 0 aliphatic heterocycles. The lowest BCUT2D eigenvalue weighted by atomic mass is 9.97. The normalized spacial score (nSPS) is 11.1. The summed E-state index contributed by atoms with van der Waals surface area (Å²) in [5.41, 5.74) is 3.30. The second kappa shape index (κ2) is 7.40. The van der Waals surface area contributed by atoms with Gasteiger partial charge >= 0.3 is 0 Å². The second-order valence-electron chi connectivity index (χ2n) is 6.76. The summed E-state index contributed by atoms with van der Waals surface area (Å²) in [5, 5.41) is 21.3. The molecule has 0 saturated carbocycles. The van der Waals surface area contributed by atoms with Gasteiger partial charge in [-0.2, -0.15) is 0 Å². The SMILES string of the molecule is O=C(c1ccccc1)c1sc2cc(O)ccc2c1-c1ccc(-c2ncc(O)s2)cc1. The number of aromatic hydroxyl groups is 2. The van der Waals surface area contributed by atoms with Crippen molar-refractivity contribution >= 4 is 38.5 Å². The molecule has 0 bridgehead atoms. The third-order valence-corrected chi connectivity index (χ3v) is 6.83. The Kier molecular flexibility index (Phi) is 4.58. The smallest absolute Gasteiger partial charge is 0.203 e. The molecule has 5 rings (SSSR count). The van der Waals surface area contributed by atoms with E-state index in [0.29, 0.717) is 10.4 Å². The van der Waals surface area contributed by atoms with E-state index in [4.69, 9.17) is 0 Å². The highest BCUT2D eigenvalue weighted by atomic mass is 32.1. The molecule has 2 heterocycles. The van der Waals surface area contributed by atoms with Crippen LogP contribution >= 0.6 is 22.7 Å². The quantitative estimate of drug-likeness (QED) is 0.327. The Morgan fingerprint density at radius 3 is 2.27 bits per heavy atom. The molecule has 0 spiro atoms. The molecule has 30 heavy (non-hydrogen) atoms. The first-order valence-corrected chi connectivity index (χ1v) is 10.8. The molecular weight excluding hydrogens is 414 g/mol. The molecule has 0 unspecified atom stereocenters. The first-order chi connectivity index (χ1) is 14.6. The van der Waals surface area contributed by atoms with E-state index in [2.05, 4.69) is 4.98 Å². The lowest BCUT2D eigenvalue weighted by Crippen LogP contribution is -2.00. The first kappa shape index (κ1) is 18.5. The largest absolute Gasteiger partial charge is 0.508 e. The molecule has 2 N–H and O–H groups in total. The Bertz CT molecular complexity index is 1370. The van der Waals surface area contributed by atoms with Crippen LogP contribution < -0.4 is 0 Å². The Hall–Kier alpha value is -3.48. The Labute approximate surface area is 180 Å². The van der Waals surface area contributed by atoms with Crippen molar-refractivity contribution in [1.82, 2.24) is 4.98 Å². The first-order valence-electron chi connectivity index (χ1n) is 9.21. The van der Waals surface area contributed by atoms with Crippen molar-refractivity contribution in [2.45, 2.75) is 0 Å². The minimum Gasteiger partial charge on any atom is -0.508 e. The number of hydrogen-bond donors (Lipinski definition) is 2. The molecule has 0 fully saturated rings. The van der Waals surface area contributed by atoms with Gasteiger partial charge in [0.05, 0.1) is 11.1 Å². The predicted octanol–water partition coefficient (Wildman–Crippen LogP) is 6.33. The highest BCUT2D eigenvalue weighted by Gasteiger charge is 2.21. The van der Waals surface area contributed by atoms with Crippen LogP contribution in [0.5, 0.6) is 10.8 Å². The predicted molar refractivity (Wildman–Crippen MR) is 122 cm³/mol. The maximum absolute atomic E-state index is 13.3. The van der Waals surface area contributed by atoms with Crippen LogP contribution in [0.25, 0.3) is 31.8 Å². The third kappa shape index (κ3) is 3.26. The van der Waals surface area contributed by atoms with Gasteiger partial charge in [0, 0.05) is 26.8 Å². The average molecular weight is 430 g/mol. The van der Waals surface area contributed by atoms with E-state index in [1.54, 1.807) is 12.1 Å². The standard InChI is InChI=1S/C24H15NO3S2/c26-17-10-11-18-19(12-17)29-23(22(28)15-4-2-1-3-5-15)21(18)14-6-8-16(9-7-14)24-25-13-20(27)30-24/h1-13,26-27H. The molecule has 4 nitrogen and oxygen atoms in total. The van der Waals surface area contributed by atoms with Gasteiger partial charge in [0.1, 0.15) is 10.8 Å². The molecule has 146 valence electrons. The Balaban J connectivity index is 1.66. The number of ketones is 1. The summed E-state index contributed by atoms with van der Waals surface area (Å²) in [7, 11) is 0. The topological polar surface area (TPSA) is 70.4 Å². The van der Waals surface area contributed by atoms with Crippen molar-refractivity contribution in [3.05, 3.63) is 89.4 Å². The zero-order valence-electron chi connectivity index (χ0n) is 15.6. The van der Waals surface area contributed by atoms with Crippen molar-refractivity contribution < 1.29 is 15.0 Å². The molecule has 3 aromatic carbocycles. The molecular formula is C24H15NO3S2. The zero-order valence-corrected chi connectivity index (χ0v) is 17.2. The van der Waals surface area contributed by atoms with E-state index in [9.17, 15) is 15.0 Å². The molecule has 0 amide bonds. The van der Waals surface area contributed by atoms with E-state index in [1.165, 1.54) is 28.9 Å². The molecule has 0 saturated heterocycles. The van der Waals surface area contributed by atoms with Gasteiger partial charge in [-0.3, -0.25) is 4.79 Å². The van der Waals surface area contributed by atoms with Crippen LogP contribution in [-0.4, -0.2) is 21.0 Å². The van der Waals surface area contributed by atoms with Crippen molar-refractivity contribution in [3.8, 4) is 32.5 Å². The van der Waals surface area contributed by atoms with Crippen LogP contribution in [0.15, 0.2) is 79.0 Å². The van der Waals surface area contributed by atoms with E-state index in [1.807, 2.05) is 60.7 Å². The summed E-state index contributed by atoms with van der Waals surface area (Å²) in [6.45, 7) is 0. The van der Waals surface area contributed by atoms with Crippen LogP contribution in [0.3, 0.4) is 0 Å². The lowest BCUT2D eigenvalue weighted by molar-refractivity contribution is 0.104. The number of aromatic nitrogens is 1. The fourth-order valence-corrected chi connectivity index (χ4v) is 5.31. The van der Waals surface area contributed by atoms with E-state index >= 15 is 0 Å². The number of fused-ring (bicyclic) bond motifs is 1. The molecule has 0 radical (unpaired) electrons. The molecule has 2 aromatic heterocycles. The number of phenolic OH excluding ortho intramolecular Hbond substituents is 1. The van der Waals surface area contributed by atoms with Crippen molar-refractivity contribution in [3.63, 3.8) is 0 Å². The molecule has 5 aromatic rings. The van der Waals surface area contributed by atoms with Gasteiger partial charge < -0.3 is 10.2 Å². The van der Waals surface area contributed by atoms with Gasteiger partial charge in [0.25, 0.3) is 0 Å². The number of carbonyl (C=O) groups is 1. The van der Waals surface area contributed by atoms with Gasteiger partial charge in [-0.1, -0.05) is 65.9 Å². The van der Waals surface area contributed by atoms with Crippen molar-refractivity contribution in [2.75, 3.05) is 0 Å². The zero-order chi connectivity index (χ0) is 20.7. The monoisotopic (exact) mass is 429 g/mol. The summed E-state index contributed by atoms with van der Waals surface area (Å²) in [6.07, 6.45) is 1.43. The fraction of sp³-hybridized carbons (Fsp3) is 0. The third-order valence-electron chi connectivity index (χ3n) is 4.83. The lowest BCUT2D eigenvalue weighted by Gasteiger charge is -2.06. The number of hydrogen-bond acceptors (Lipinski definition) is 6. The number of phenols is 1. The maximum atomic E-state index is 13.3. The van der Waals surface area contributed by atoms with Crippen LogP contribution in [0, 0.1) is 0 Å². The van der Waals surface area contributed by atoms with Gasteiger partial charge in [-0.15, -0.1) is 11.3 Å². The highest BCUT2D eigenvalue weighted by Crippen LogP contribution is 2.42. The van der Waals surface area contributed by atoms with Crippen LogP contribution in [-0.2, 0) is 0 Å². The summed E-state index contributed by atoms with van der Waals surface area (Å²) >= 11 is 2.61. The molecule has 0 aliphatic rings. The number of rotatable bonds is 4. The number of thiophene rings is 1. The Morgan fingerprint density at radius 2 is 1.57 bits per heavy atom. The minimum absolute atomic E-state index is 0.0415.